The van der Waals surface area contributed by atoms with Gasteiger partial charge < -0.3 is 5.11 Å². The van der Waals surface area contributed by atoms with Crippen LogP contribution in [0.15, 0.2) is 17.0 Å². The Morgan fingerprint density at radius 3 is 2.40 bits per heavy atom. The van der Waals surface area contributed by atoms with Gasteiger partial charge in [0.05, 0.1) is 10.5 Å². The van der Waals surface area contributed by atoms with Crippen LogP contribution in [0.25, 0.3) is 0 Å². The Morgan fingerprint density at radius 1 is 1.47 bits per heavy atom. The second-order valence-corrected chi connectivity index (χ2v) is 5.39. The normalized spacial score (nSPS) is 11.4. The Labute approximate surface area is 89.7 Å². The van der Waals surface area contributed by atoms with E-state index >= 15 is 0 Å². The van der Waals surface area contributed by atoms with Crippen LogP contribution >= 0.6 is 10.7 Å². The van der Waals surface area contributed by atoms with Crippen molar-refractivity contribution in [2.75, 3.05) is 0 Å². The molecule has 0 aromatic heterocycles. The van der Waals surface area contributed by atoms with Crippen LogP contribution in [0.4, 0.5) is 4.39 Å². The average Bonchev–Trinajstić information content (AvgIpc) is 2.06. The van der Waals surface area contributed by atoms with E-state index in [-0.39, 0.29) is 5.56 Å². The van der Waals surface area contributed by atoms with Crippen molar-refractivity contribution in [3.05, 3.63) is 29.1 Å². The van der Waals surface area contributed by atoms with Gasteiger partial charge in [-0.05, 0) is 24.6 Å². The predicted octanol–water partition coefficient (Wildman–Crippen LogP) is 1.76. The molecule has 0 saturated heterocycles. The number of hydrogen-bond acceptors (Lipinski definition) is 3. The van der Waals surface area contributed by atoms with Crippen LogP contribution in [0.2, 0.25) is 0 Å². The molecule has 1 aromatic rings. The molecular weight excluding hydrogens is 247 g/mol. The van der Waals surface area contributed by atoms with Gasteiger partial charge in [0.25, 0.3) is 9.05 Å². The van der Waals surface area contributed by atoms with Crippen LogP contribution in [-0.2, 0) is 9.05 Å². The molecule has 1 aromatic carbocycles. The number of carboxylic acid groups (broad SMARTS) is 1. The Balaban J connectivity index is 3.57. The Hall–Kier alpha value is -1.14. The minimum Gasteiger partial charge on any atom is -0.478 e. The predicted molar refractivity (Wildman–Crippen MR) is 51.1 cm³/mol. The van der Waals surface area contributed by atoms with Gasteiger partial charge in [0.1, 0.15) is 5.82 Å². The van der Waals surface area contributed by atoms with Crippen LogP contribution in [0.1, 0.15) is 15.9 Å². The summed E-state index contributed by atoms with van der Waals surface area (Å²) in [6.45, 7) is 1.24. The molecule has 0 atom stereocenters. The lowest BCUT2D eigenvalue weighted by Gasteiger charge is -2.04. The molecule has 82 valence electrons. The molecule has 0 amide bonds. The lowest BCUT2D eigenvalue weighted by Crippen LogP contribution is -2.04. The first kappa shape index (κ1) is 11.9. The van der Waals surface area contributed by atoms with Crippen molar-refractivity contribution < 1.29 is 22.7 Å². The van der Waals surface area contributed by atoms with Crippen molar-refractivity contribution in [3.63, 3.8) is 0 Å². The molecule has 1 N–H and O–H groups in total. The summed E-state index contributed by atoms with van der Waals surface area (Å²) in [5, 5.41) is 8.68. The van der Waals surface area contributed by atoms with Crippen molar-refractivity contribution in [1.82, 2.24) is 0 Å². The quantitative estimate of drug-likeness (QED) is 0.814. The standard InChI is InChI=1S/C8H6ClFO4S/c1-4-6(8(11)12)2-5(3-7(4)10)15(9,13)14/h2-3H,1H3,(H,11,12). The molecule has 0 aliphatic heterocycles. The summed E-state index contributed by atoms with van der Waals surface area (Å²) in [5.41, 5.74) is -0.555. The van der Waals surface area contributed by atoms with E-state index in [1.54, 1.807) is 0 Å². The minimum absolute atomic E-state index is 0.133. The van der Waals surface area contributed by atoms with E-state index in [1.165, 1.54) is 6.92 Å². The summed E-state index contributed by atoms with van der Waals surface area (Å²) in [7, 11) is 0.843. The van der Waals surface area contributed by atoms with Gasteiger partial charge in [-0.3, -0.25) is 0 Å². The maximum atomic E-state index is 13.1. The Morgan fingerprint density at radius 2 is 2.00 bits per heavy atom. The van der Waals surface area contributed by atoms with Gasteiger partial charge in [0, 0.05) is 10.7 Å². The monoisotopic (exact) mass is 252 g/mol. The fourth-order valence-electron chi connectivity index (χ4n) is 1.02. The topological polar surface area (TPSA) is 71.4 Å². The van der Waals surface area contributed by atoms with E-state index in [2.05, 4.69) is 0 Å². The largest absolute Gasteiger partial charge is 0.478 e. The van der Waals surface area contributed by atoms with Gasteiger partial charge >= 0.3 is 5.97 Å². The maximum Gasteiger partial charge on any atom is 0.336 e. The molecule has 0 aliphatic rings. The molecule has 0 aliphatic carbocycles. The molecule has 0 fully saturated rings. The van der Waals surface area contributed by atoms with Gasteiger partial charge in [0.15, 0.2) is 0 Å². The lowest BCUT2D eigenvalue weighted by atomic mass is 10.1. The minimum atomic E-state index is -4.13. The molecule has 15 heavy (non-hydrogen) atoms. The SMILES string of the molecule is Cc1c(F)cc(S(=O)(=O)Cl)cc1C(=O)O. The van der Waals surface area contributed by atoms with Crippen LogP contribution in [0.3, 0.4) is 0 Å². The van der Waals surface area contributed by atoms with Gasteiger partial charge in [-0.2, -0.15) is 0 Å². The van der Waals surface area contributed by atoms with Crippen LogP contribution in [-0.4, -0.2) is 19.5 Å². The molecule has 0 unspecified atom stereocenters. The zero-order chi connectivity index (χ0) is 11.8. The highest BCUT2D eigenvalue weighted by atomic mass is 35.7. The van der Waals surface area contributed by atoms with Crippen molar-refractivity contribution in [3.8, 4) is 0 Å². The number of rotatable bonds is 2. The van der Waals surface area contributed by atoms with Crippen molar-refractivity contribution in [2.24, 2.45) is 0 Å². The summed E-state index contributed by atoms with van der Waals surface area (Å²) in [5.74, 6) is -2.33. The van der Waals surface area contributed by atoms with E-state index in [4.69, 9.17) is 15.8 Å². The van der Waals surface area contributed by atoms with E-state index in [1.807, 2.05) is 0 Å². The zero-order valence-corrected chi connectivity index (χ0v) is 9.06. The zero-order valence-electron chi connectivity index (χ0n) is 7.49. The highest BCUT2D eigenvalue weighted by Crippen LogP contribution is 2.21. The number of halogens is 2. The summed E-state index contributed by atoms with van der Waals surface area (Å²) in [6, 6.07) is 1.51. The number of carbonyl (C=O) groups is 1. The summed E-state index contributed by atoms with van der Waals surface area (Å²) in [6.07, 6.45) is 0. The molecule has 0 saturated carbocycles. The molecule has 0 radical (unpaired) electrons. The second-order valence-electron chi connectivity index (χ2n) is 2.82. The molecule has 0 bridgehead atoms. The fraction of sp³-hybridized carbons (Fsp3) is 0.125. The first-order valence-electron chi connectivity index (χ1n) is 3.71. The van der Waals surface area contributed by atoms with Crippen molar-refractivity contribution in [1.29, 1.82) is 0 Å². The molecule has 0 heterocycles. The van der Waals surface area contributed by atoms with Gasteiger partial charge in [-0.15, -0.1) is 0 Å². The van der Waals surface area contributed by atoms with E-state index < -0.39 is 31.3 Å². The van der Waals surface area contributed by atoms with Gasteiger partial charge in [-0.25, -0.2) is 17.6 Å². The van der Waals surface area contributed by atoms with Gasteiger partial charge in [-0.1, -0.05) is 0 Å². The molecule has 4 nitrogen and oxygen atoms in total. The molecule has 7 heteroatoms. The Bertz CT molecular complexity index is 524. The van der Waals surface area contributed by atoms with Crippen molar-refractivity contribution in [2.45, 2.75) is 11.8 Å². The molecule has 0 spiro atoms. The maximum absolute atomic E-state index is 13.1. The highest BCUT2D eigenvalue weighted by Gasteiger charge is 2.18. The van der Waals surface area contributed by atoms with E-state index in [0.717, 1.165) is 6.07 Å². The highest BCUT2D eigenvalue weighted by molar-refractivity contribution is 8.13. The smallest absolute Gasteiger partial charge is 0.336 e. The van der Waals surface area contributed by atoms with Crippen LogP contribution < -0.4 is 0 Å². The summed E-state index contributed by atoms with van der Waals surface area (Å²) < 4.78 is 34.9. The van der Waals surface area contributed by atoms with E-state index in [9.17, 15) is 17.6 Å². The van der Waals surface area contributed by atoms with Crippen LogP contribution in [0, 0.1) is 12.7 Å². The number of carboxylic acids is 1. The first-order valence-corrected chi connectivity index (χ1v) is 6.02. The van der Waals surface area contributed by atoms with Gasteiger partial charge in [0.2, 0.25) is 0 Å². The second kappa shape index (κ2) is 3.79. The summed E-state index contributed by atoms with van der Waals surface area (Å²) >= 11 is 0. The fourth-order valence-corrected chi connectivity index (χ4v) is 1.79. The summed E-state index contributed by atoms with van der Waals surface area (Å²) in [4.78, 5) is 10.1. The molecule has 1 rings (SSSR count). The Kier molecular flexibility index (Phi) is 3.01. The number of hydrogen-bond donors (Lipinski definition) is 1. The van der Waals surface area contributed by atoms with Crippen molar-refractivity contribution >= 4 is 25.7 Å². The third-order valence-corrected chi connectivity index (χ3v) is 3.16. The lowest BCUT2D eigenvalue weighted by molar-refractivity contribution is 0.0695. The van der Waals surface area contributed by atoms with E-state index in [0.29, 0.717) is 6.07 Å². The third kappa shape index (κ3) is 2.45. The number of benzene rings is 1. The van der Waals surface area contributed by atoms with Crippen LogP contribution in [0.5, 0.6) is 0 Å². The number of aromatic carboxylic acids is 1. The average molecular weight is 253 g/mol. The third-order valence-electron chi connectivity index (χ3n) is 1.83. The molecular formula is C8H6ClFO4S. The first-order chi connectivity index (χ1) is 6.73.